The van der Waals surface area contributed by atoms with E-state index in [1.54, 1.807) is 9.58 Å². The summed E-state index contributed by atoms with van der Waals surface area (Å²) in [6.45, 7) is 0.444. The highest BCUT2D eigenvalue weighted by atomic mass is 32.1. The van der Waals surface area contributed by atoms with E-state index in [1.165, 1.54) is 11.3 Å². The Morgan fingerprint density at radius 2 is 1.85 bits per heavy atom. The largest absolute Gasteiger partial charge is 0.479 e. The average molecular weight is 385 g/mol. The van der Waals surface area contributed by atoms with Crippen LogP contribution in [0.1, 0.15) is 22.5 Å². The van der Waals surface area contributed by atoms with E-state index in [4.69, 9.17) is 5.11 Å². The van der Waals surface area contributed by atoms with Crippen molar-refractivity contribution in [3.63, 3.8) is 0 Å². The minimum atomic E-state index is -1.73. The third-order valence-electron chi connectivity index (χ3n) is 5.05. The topological polar surface area (TPSA) is 95.7 Å². The molecular formula is C19H19N3O4S. The van der Waals surface area contributed by atoms with Crippen molar-refractivity contribution in [2.75, 3.05) is 13.1 Å². The number of carboxylic acids is 1. The Kier molecular flexibility index (Phi) is 4.24. The zero-order valence-electron chi connectivity index (χ0n) is 14.8. The molecule has 1 saturated heterocycles. The summed E-state index contributed by atoms with van der Waals surface area (Å²) in [7, 11) is 1.85. The fourth-order valence-electron chi connectivity index (χ4n) is 3.40. The number of rotatable bonds is 3. The first kappa shape index (κ1) is 17.7. The van der Waals surface area contributed by atoms with Crippen molar-refractivity contribution in [1.29, 1.82) is 0 Å². The molecule has 7 nitrogen and oxygen atoms in total. The zero-order valence-corrected chi connectivity index (χ0v) is 15.6. The van der Waals surface area contributed by atoms with Gasteiger partial charge in [-0.15, -0.1) is 11.3 Å². The lowest BCUT2D eigenvalue weighted by molar-refractivity contribution is -0.162. The number of carboxylic acid groups (broad SMARTS) is 1. The van der Waals surface area contributed by atoms with Crippen LogP contribution in [-0.4, -0.2) is 55.5 Å². The highest BCUT2D eigenvalue weighted by Crippen LogP contribution is 2.34. The van der Waals surface area contributed by atoms with Gasteiger partial charge in [0.15, 0.2) is 5.60 Å². The van der Waals surface area contributed by atoms with Crippen LogP contribution in [-0.2, 0) is 11.8 Å². The maximum atomic E-state index is 12.9. The maximum Gasteiger partial charge on any atom is 0.335 e. The fraction of sp³-hybridized carbons (Fsp3) is 0.316. The number of hydrogen-bond donors (Lipinski definition) is 2. The molecule has 8 heteroatoms. The number of benzene rings is 1. The Labute approximate surface area is 159 Å². The van der Waals surface area contributed by atoms with Gasteiger partial charge in [-0.25, -0.2) is 4.79 Å². The monoisotopic (exact) mass is 385 g/mol. The molecule has 0 spiro atoms. The van der Waals surface area contributed by atoms with Gasteiger partial charge in [-0.3, -0.25) is 9.48 Å². The standard InChI is InChI=1S/C19H19N3O4S/c1-21-17-13(15(20-21)12-5-3-2-4-6-12)11-14(27-17)16(23)22-9-7-19(26,8-10-22)18(24)25/h2-6,11,26H,7-10H2,1H3,(H,24,25). The van der Waals surface area contributed by atoms with Crippen molar-refractivity contribution in [3.05, 3.63) is 41.3 Å². The first-order valence-corrected chi connectivity index (χ1v) is 9.48. The predicted molar refractivity (Wildman–Crippen MR) is 102 cm³/mol. The number of aromatic nitrogens is 2. The summed E-state index contributed by atoms with van der Waals surface area (Å²) in [4.78, 5) is 27.2. The second-order valence-corrected chi connectivity index (χ2v) is 7.83. The SMILES string of the molecule is Cn1nc(-c2ccccc2)c2cc(C(=O)N3CCC(O)(C(=O)O)CC3)sc21. The molecule has 1 amide bonds. The minimum absolute atomic E-state index is 0.0375. The zero-order chi connectivity index (χ0) is 19.2. The fourth-order valence-corrected chi connectivity index (χ4v) is 4.44. The van der Waals surface area contributed by atoms with Crippen LogP contribution in [0.5, 0.6) is 0 Å². The van der Waals surface area contributed by atoms with E-state index in [-0.39, 0.29) is 31.8 Å². The quantitative estimate of drug-likeness (QED) is 0.722. The van der Waals surface area contributed by atoms with Gasteiger partial charge in [-0.1, -0.05) is 30.3 Å². The van der Waals surface area contributed by atoms with Crippen LogP contribution in [0.4, 0.5) is 0 Å². The molecule has 2 aromatic heterocycles. The minimum Gasteiger partial charge on any atom is -0.479 e. The summed E-state index contributed by atoms with van der Waals surface area (Å²) in [5, 5.41) is 24.7. The molecule has 0 saturated carbocycles. The van der Waals surface area contributed by atoms with Crippen LogP contribution < -0.4 is 0 Å². The van der Waals surface area contributed by atoms with Gasteiger partial charge in [-0.05, 0) is 6.07 Å². The van der Waals surface area contributed by atoms with Crippen LogP contribution in [0.15, 0.2) is 36.4 Å². The second kappa shape index (κ2) is 6.47. The van der Waals surface area contributed by atoms with E-state index in [0.717, 1.165) is 21.5 Å². The summed E-state index contributed by atoms with van der Waals surface area (Å²) in [5.74, 6) is -1.36. The third-order valence-corrected chi connectivity index (χ3v) is 6.24. The second-order valence-electron chi connectivity index (χ2n) is 6.80. The van der Waals surface area contributed by atoms with E-state index in [9.17, 15) is 14.7 Å². The maximum absolute atomic E-state index is 12.9. The summed E-state index contributed by atoms with van der Waals surface area (Å²) >= 11 is 1.38. The number of hydrogen-bond acceptors (Lipinski definition) is 5. The van der Waals surface area contributed by atoms with E-state index in [1.807, 2.05) is 43.4 Å². The third kappa shape index (κ3) is 3.00. The molecule has 2 N–H and O–H groups in total. The van der Waals surface area contributed by atoms with Crippen molar-refractivity contribution in [2.45, 2.75) is 18.4 Å². The van der Waals surface area contributed by atoms with Gasteiger partial charge in [0.25, 0.3) is 5.91 Å². The molecule has 1 fully saturated rings. The number of amides is 1. The van der Waals surface area contributed by atoms with Crippen molar-refractivity contribution in [1.82, 2.24) is 14.7 Å². The van der Waals surface area contributed by atoms with Gasteiger partial charge >= 0.3 is 5.97 Å². The summed E-state index contributed by atoms with van der Waals surface area (Å²) in [6.07, 6.45) is 0.0750. The van der Waals surface area contributed by atoms with Crippen LogP contribution in [0.2, 0.25) is 0 Å². The van der Waals surface area contributed by atoms with Crippen molar-refractivity contribution in [3.8, 4) is 11.3 Å². The van der Waals surface area contributed by atoms with Gasteiger partial charge in [0.05, 0.1) is 4.88 Å². The molecule has 3 aromatic rings. The van der Waals surface area contributed by atoms with Gasteiger partial charge < -0.3 is 15.1 Å². The molecular weight excluding hydrogens is 366 g/mol. The lowest BCUT2D eigenvalue weighted by Crippen LogP contribution is -2.50. The van der Waals surface area contributed by atoms with Crippen molar-refractivity contribution < 1.29 is 19.8 Å². The Morgan fingerprint density at radius 3 is 2.48 bits per heavy atom. The molecule has 27 heavy (non-hydrogen) atoms. The predicted octanol–water partition coefficient (Wildman–Crippen LogP) is 2.35. The molecule has 0 bridgehead atoms. The lowest BCUT2D eigenvalue weighted by Gasteiger charge is -2.35. The molecule has 0 atom stereocenters. The smallest absolute Gasteiger partial charge is 0.335 e. The molecule has 0 radical (unpaired) electrons. The van der Waals surface area contributed by atoms with Gasteiger partial charge in [0.1, 0.15) is 10.5 Å². The van der Waals surface area contributed by atoms with Gasteiger partial charge in [0.2, 0.25) is 0 Å². The Hall–Kier alpha value is -2.71. The molecule has 140 valence electrons. The number of likely N-dealkylation sites (tertiary alicyclic amines) is 1. The van der Waals surface area contributed by atoms with Gasteiger partial charge in [0, 0.05) is 43.9 Å². The summed E-state index contributed by atoms with van der Waals surface area (Å²) in [6, 6.07) is 11.7. The first-order chi connectivity index (χ1) is 12.9. The van der Waals surface area contributed by atoms with E-state index in [0.29, 0.717) is 4.88 Å². The van der Waals surface area contributed by atoms with Crippen LogP contribution in [0, 0.1) is 0 Å². The molecule has 4 rings (SSSR count). The number of carbonyl (C=O) groups excluding carboxylic acids is 1. The molecule has 1 aliphatic heterocycles. The number of carbonyl (C=O) groups is 2. The first-order valence-electron chi connectivity index (χ1n) is 8.66. The summed E-state index contributed by atoms with van der Waals surface area (Å²) < 4.78 is 1.78. The van der Waals surface area contributed by atoms with Crippen LogP contribution >= 0.6 is 11.3 Å². The summed E-state index contributed by atoms with van der Waals surface area (Å²) in [5.41, 5.74) is 0.0909. The van der Waals surface area contributed by atoms with E-state index >= 15 is 0 Å². The molecule has 1 aromatic carbocycles. The lowest BCUT2D eigenvalue weighted by atomic mass is 9.91. The number of aliphatic hydroxyl groups is 1. The normalized spacial score (nSPS) is 16.6. The average Bonchev–Trinajstić information content (AvgIpc) is 3.23. The van der Waals surface area contributed by atoms with Crippen molar-refractivity contribution in [2.24, 2.45) is 7.05 Å². The number of aryl methyl sites for hydroxylation is 1. The number of aliphatic carboxylic acids is 1. The highest BCUT2D eigenvalue weighted by Gasteiger charge is 2.40. The number of nitrogens with zero attached hydrogens (tertiary/aromatic N) is 3. The van der Waals surface area contributed by atoms with Gasteiger partial charge in [-0.2, -0.15) is 5.10 Å². The van der Waals surface area contributed by atoms with Crippen LogP contribution in [0.3, 0.4) is 0 Å². The number of fused-ring (bicyclic) bond motifs is 1. The molecule has 0 unspecified atom stereocenters. The van der Waals surface area contributed by atoms with E-state index < -0.39 is 11.6 Å². The van der Waals surface area contributed by atoms with Crippen molar-refractivity contribution >= 4 is 33.4 Å². The highest BCUT2D eigenvalue weighted by molar-refractivity contribution is 7.20. The molecule has 3 heterocycles. The molecule has 0 aliphatic carbocycles. The Bertz CT molecular complexity index is 1020. The van der Waals surface area contributed by atoms with Crippen LogP contribution in [0.25, 0.3) is 21.5 Å². The number of thiophene rings is 1. The van der Waals surface area contributed by atoms with E-state index in [2.05, 4.69) is 5.10 Å². The molecule has 1 aliphatic rings. The number of piperidine rings is 1. The Balaban J connectivity index is 1.62. The Morgan fingerprint density at radius 1 is 1.19 bits per heavy atom.